The number of nitrogens with one attached hydrogen (secondary N) is 1. The summed E-state index contributed by atoms with van der Waals surface area (Å²) in [5.74, 6) is 0.617. The molecule has 6 nitrogen and oxygen atoms in total. The Bertz CT molecular complexity index is 905. The molecule has 2 aliphatic heterocycles. The van der Waals surface area contributed by atoms with Gasteiger partial charge in [-0.15, -0.1) is 11.3 Å². The second-order valence-corrected chi connectivity index (χ2v) is 10.2. The number of aromatic nitrogens is 1. The maximum absolute atomic E-state index is 13.4. The molecule has 0 radical (unpaired) electrons. The van der Waals surface area contributed by atoms with Gasteiger partial charge < -0.3 is 19.9 Å². The first-order chi connectivity index (χ1) is 15.7. The Labute approximate surface area is 195 Å². The highest BCUT2D eigenvalue weighted by Gasteiger charge is 2.35. The number of ether oxygens (including phenoxy) is 1. The number of benzene rings is 1. The summed E-state index contributed by atoms with van der Waals surface area (Å²) >= 11 is 1.76. The summed E-state index contributed by atoms with van der Waals surface area (Å²) in [6.07, 6.45) is 4.67. The number of hydrogen-bond donors (Lipinski definition) is 1. The molecule has 3 fully saturated rings. The number of rotatable bonds is 6. The molecule has 2 saturated heterocycles. The molecule has 3 heterocycles. The van der Waals surface area contributed by atoms with Crippen LogP contribution in [0, 0.1) is 0 Å². The number of carbonyl (C=O) groups excluding carboxylic acids is 1. The molecule has 2 atom stereocenters. The molecular weight excluding hydrogens is 420 g/mol. The number of morpholine rings is 1. The van der Waals surface area contributed by atoms with E-state index in [0.717, 1.165) is 38.2 Å². The molecular formula is C25H34N4O2S. The maximum atomic E-state index is 13.4. The van der Waals surface area contributed by atoms with Gasteiger partial charge in [-0.2, -0.15) is 0 Å². The minimum Gasteiger partial charge on any atom is -0.378 e. The Morgan fingerprint density at radius 3 is 2.59 bits per heavy atom. The van der Waals surface area contributed by atoms with Crippen molar-refractivity contribution in [3.05, 3.63) is 51.5 Å². The maximum Gasteiger partial charge on any atom is 0.320 e. The number of aryl methyl sites for hydroxylation is 1. The van der Waals surface area contributed by atoms with Crippen molar-refractivity contribution >= 4 is 17.4 Å². The molecule has 1 aliphatic carbocycles. The van der Waals surface area contributed by atoms with E-state index < -0.39 is 0 Å². The number of carbonyl (C=O) groups is 1. The van der Waals surface area contributed by atoms with E-state index in [9.17, 15) is 4.79 Å². The molecule has 3 aliphatic rings. The highest BCUT2D eigenvalue weighted by molar-refractivity contribution is 7.09. The van der Waals surface area contributed by atoms with E-state index >= 15 is 0 Å². The van der Waals surface area contributed by atoms with Crippen LogP contribution >= 0.6 is 11.3 Å². The van der Waals surface area contributed by atoms with Gasteiger partial charge in [-0.1, -0.05) is 31.2 Å². The summed E-state index contributed by atoms with van der Waals surface area (Å²) in [4.78, 5) is 22.4. The first-order valence-electron chi connectivity index (χ1n) is 12.1. The summed E-state index contributed by atoms with van der Waals surface area (Å²) in [6.45, 7) is 7.21. The van der Waals surface area contributed by atoms with Gasteiger partial charge in [0.05, 0.1) is 23.9 Å². The first kappa shape index (κ1) is 21.9. The number of piperidine rings is 1. The molecule has 172 valence electrons. The summed E-state index contributed by atoms with van der Waals surface area (Å²) in [6, 6.07) is 9.83. The minimum atomic E-state index is 0.153. The molecule has 32 heavy (non-hydrogen) atoms. The molecule has 2 aromatic rings. The van der Waals surface area contributed by atoms with Gasteiger partial charge in [-0.05, 0) is 36.8 Å². The smallest absolute Gasteiger partial charge is 0.320 e. The van der Waals surface area contributed by atoms with Crippen LogP contribution in [0.2, 0.25) is 0 Å². The normalized spacial score (nSPS) is 24.0. The molecule has 5 rings (SSSR count). The lowest BCUT2D eigenvalue weighted by molar-refractivity contribution is 0.0398. The molecule has 0 bridgehead atoms. The highest BCUT2D eigenvalue weighted by atomic mass is 32.1. The second-order valence-electron chi connectivity index (χ2n) is 9.34. The van der Waals surface area contributed by atoms with Crippen molar-refractivity contribution in [2.75, 3.05) is 39.4 Å². The van der Waals surface area contributed by atoms with E-state index in [1.807, 2.05) is 4.90 Å². The lowest BCUT2D eigenvalue weighted by Gasteiger charge is -2.40. The van der Waals surface area contributed by atoms with Gasteiger partial charge in [0.1, 0.15) is 0 Å². The van der Waals surface area contributed by atoms with Crippen LogP contribution in [0.1, 0.15) is 59.9 Å². The van der Waals surface area contributed by atoms with Gasteiger partial charge in [0.15, 0.2) is 0 Å². The average molecular weight is 455 g/mol. The summed E-state index contributed by atoms with van der Waals surface area (Å²) in [5.41, 5.74) is 3.83. The molecule has 1 saturated carbocycles. The van der Waals surface area contributed by atoms with E-state index in [0.29, 0.717) is 38.3 Å². The third kappa shape index (κ3) is 5.16. The minimum absolute atomic E-state index is 0.153. The molecule has 2 unspecified atom stereocenters. The molecule has 2 amide bonds. The fraction of sp³-hybridized carbons (Fsp3) is 0.600. The standard InChI is InChI=1S/C25H34N4O2S/c1-2-18-3-5-19(6-4-18)20-13-21(24-27-23(17-32-24)14-26-22-7-8-22)16-29(15-20)25(30)28-9-11-31-12-10-28/h3-6,17,20-22,26H,2,7-16H2,1H3. The van der Waals surface area contributed by atoms with Crippen LogP contribution in [-0.2, 0) is 17.7 Å². The van der Waals surface area contributed by atoms with Gasteiger partial charge in [-0.25, -0.2) is 9.78 Å². The quantitative estimate of drug-likeness (QED) is 0.717. The number of thiazole rings is 1. The van der Waals surface area contributed by atoms with Crippen molar-refractivity contribution in [1.82, 2.24) is 20.1 Å². The summed E-state index contributed by atoms with van der Waals surface area (Å²) in [5, 5.41) is 6.93. The van der Waals surface area contributed by atoms with E-state index in [1.165, 1.54) is 29.0 Å². The van der Waals surface area contributed by atoms with Gasteiger partial charge >= 0.3 is 6.03 Å². The Kier molecular flexibility index (Phi) is 6.76. The van der Waals surface area contributed by atoms with Crippen LogP contribution in [0.4, 0.5) is 4.79 Å². The van der Waals surface area contributed by atoms with Gasteiger partial charge in [0.2, 0.25) is 0 Å². The number of hydrogen-bond acceptors (Lipinski definition) is 5. The van der Waals surface area contributed by atoms with E-state index in [2.05, 4.69) is 46.8 Å². The Morgan fingerprint density at radius 2 is 1.88 bits per heavy atom. The van der Waals surface area contributed by atoms with Crippen molar-refractivity contribution in [3.63, 3.8) is 0 Å². The predicted molar refractivity (Wildman–Crippen MR) is 127 cm³/mol. The topological polar surface area (TPSA) is 57.7 Å². The number of nitrogens with zero attached hydrogens (tertiary/aromatic N) is 3. The Hall–Kier alpha value is -1.96. The van der Waals surface area contributed by atoms with Crippen LogP contribution in [0.5, 0.6) is 0 Å². The van der Waals surface area contributed by atoms with Crippen LogP contribution in [0.25, 0.3) is 0 Å². The average Bonchev–Trinajstić information content (AvgIpc) is 3.57. The van der Waals surface area contributed by atoms with E-state index in [1.54, 1.807) is 11.3 Å². The molecule has 0 spiro atoms. The van der Waals surface area contributed by atoms with Crippen molar-refractivity contribution in [3.8, 4) is 0 Å². The molecule has 7 heteroatoms. The van der Waals surface area contributed by atoms with Crippen molar-refractivity contribution in [1.29, 1.82) is 0 Å². The zero-order valence-corrected chi connectivity index (χ0v) is 19.8. The van der Waals surface area contributed by atoms with E-state index in [-0.39, 0.29) is 11.9 Å². The number of likely N-dealkylation sites (tertiary alicyclic amines) is 1. The van der Waals surface area contributed by atoms with Crippen molar-refractivity contribution < 1.29 is 9.53 Å². The van der Waals surface area contributed by atoms with Crippen LogP contribution in [-0.4, -0.2) is 66.2 Å². The zero-order valence-electron chi connectivity index (χ0n) is 19.0. The highest BCUT2D eigenvalue weighted by Crippen LogP contribution is 2.37. The van der Waals surface area contributed by atoms with E-state index in [4.69, 9.17) is 9.72 Å². The number of urea groups is 1. The Balaban J connectivity index is 1.34. The van der Waals surface area contributed by atoms with Gasteiger partial charge in [0.25, 0.3) is 0 Å². The van der Waals surface area contributed by atoms with Gasteiger partial charge in [-0.3, -0.25) is 0 Å². The fourth-order valence-corrected chi connectivity index (χ4v) is 5.71. The van der Waals surface area contributed by atoms with Crippen molar-refractivity contribution in [2.45, 2.75) is 57.0 Å². The van der Waals surface area contributed by atoms with Crippen LogP contribution in [0.3, 0.4) is 0 Å². The molecule has 1 N–H and O–H groups in total. The number of amides is 2. The zero-order chi connectivity index (χ0) is 21.9. The fourth-order valence-electron chi connectivity index (χ4n) is 4.78. The summed E-state index contributed by atoms with van der Waals surface area (Å²) in [7, 11) is 0. The second kappa shape index (κ2) is 9.89. The summed E-state index contributed by atoms with van der Waals surface area (Å²) < 4.78 is 5.46. The van der Waals surface area contributed by atoms with Crippen LogP contribution in [0.15, 0.2) is 29.6 Å². The third-order valence-electron chi connectivity index (χ3n) is 6.93. The lowest BCUT2D eigenvalue weighted by Crippen LogP contribution is -2.52. The lowest BCUT2D eigenvalue weighted by atomic mass is 9.84. The Morgan fingerprint density at radius 1 is 1.12 bits per heavy atom. The SMILES string of the molecule is CCc1ccc(C2CC(c3nc(CNC4CC4)cs3)CN(C(=O)N3CCOCC3)C2)cc1. The van der Waals surface area contributed by atoms with Crippen molar-refractivity contribution in [2.24, 2.45) is 0 Å². The monoisotopic (exact) mass is 454 g/mol. The molecule has 1 aromatic carbocycles. The van der Waals surface area contributed by atoms with Gasteiger partial charge in [0, 0.05) is 56.0 Å². The molecule has 1 aromatic heterocycles. The largest absolute Gasteiger partial charge is 0.378 e. The third-order valence-corrected chi connectivity index (χ3v) is 7.99. The predicted octanol–water partition coefficient (Wildman–Crippen LogP) is 3.98. The van der Waals surface area contributed by atoms with Crippen LogP contribution < -0.4 is 5.32 Å². The first-order valence-corrected chi connectivity index (χ1v) is 13.0.